The number of pyridine rings is 1. The average molecular weight is 641 g/mol. The zero-order valence-electron chi connectivity index (χ0n) is 27.3. The Labute approximate surface area is 291 Å². The van der Waals surface area contributed by atoms with Crippen LogP contribution in [0.4, 0.5) is 17.1 Å². The van der Waals surface area contributed by atoms with Gasteiger partial charge in [-0.1, -0.05) is 127 Å². The van der Waals surface area contributed by atoms with Gasteiger partial charge in [0.15, 0.2) is 5.65 Å². The van der Waals surface area contributed by atoms with Gasteiger partial charge in [-0.15, -0.1) is 0 Å². The zero-order valence-corrected chi connectivity index (χ0v) is 27.3. The minimum absolute atomic E-state index is 0.814. The molecule has 9 rings (SSSR count). The Bertz CT molecular complexity index is 2520. The van der Waals surface area contributed by atoms with Crippen LogP contribution in [-0.4, -0.2) is 14.5 Å². The monoisotopic (exact) mass is 640 g/mol. The molecule has 9 aromatic rings. The summed E-state index contributed by atoms with van der Waals surface area (Å²) in [6.45, 7) is 0. The van der Waals surface area contributed by atoms with Gasteiger partial charge in [-0.3, -0.25) is 4.57 Å². The predicted octanol–water partition coefficient (Wildman–Crippen LogP) is 12.0. The van der Waals surface area contributed by atoms with Crippen molar-refractivity contribution in [3.8, 4) is 39.3 Å². The number of anilines is 3. The summed E-state index contributed by atoms with van der Waals surface area (Å²) in [6.07, 6.45) is 1.85. The number of nitrogens with zero attached hydrogens (tertiary/aromatic N) is 4. The van der Waals surface area contributed by atoms with Crippen LogP contribution in [-0.2, 0) is 0 Å². The first kappa shape index (κ1) is 29.4. The van der Waals surface area contributed by atoms with E-state index in [1.165, 1.54) is 10.8 Å². The van der Waals surface area contributed by atoms with E-state index in [1.54, 1.807) is 0 Å². The summed E-state index contributed by atoms with van der Waals surface area (Å²) in [4.78, 5) is 12.5. The van der Waals surface area contributed by atoms with Crippen molar-refractivity contribution in [3.05, 3.63) is 194 Å². The first-order valence-corrected chi connectivity index (χ1v) is 16.8. The molecule has 0 aliphatic rings. The number of para-hydroxylation sites is 2. The molecule has 0 aliphatic carbocycles. The van der Waals surface area contributed by atoms with Crippen molar-refractivity contribution in [2.24, 2.45) is 0 Å². The van der Waals surface area contributed by atoms with E-state index < -0.39 is 0 Å². The smallest absolute Gasteiger partial charge is 0.164 e. The van der Waals surface area contributed by atoms with Gasteiger partial charge in [0.25, 0.3) is 0 Å². The fourth-order valence-corrected chi connectivity index (χ4v) is 6.90. The lowest BCUT2D eigenvalue weighted by Gasteiger charge is -2.26. The molecular weight excluding hydrogens is 609 g/mol. The molecule has 50 heavy (non-hydrogen) atoms. The van der Waals surface area contributed by atoms with Crippen molar-refractivity contribution < 1.29 is 0 Å². The summed E-state index contributed by atoms with van der Waals surface area (Å²) in [7, 11) is 0. The normalized spacial score (nSPS) is 11.2. The quantitative estimate of drug-likeness (QED) is 0.174. The SMILES string of the molecule is c1ccc(-c2cccc(-c3ccccc3)c2-n2c(-c3ccc(N(c4ccccc4)c4ccc5ccccc5c4)cc3)nc3cccnc32)cc1. The van der Waals surface area contributed by atoms with Crippen molar-refractivity contribution >= 4 is 39.0 Å². The molecule has 0 radical (unpaired) electrons. The van der Waals surface area contributed by atoms with Gasteiger partial charge in [-0.2, -0.15) is 0 Å². The second-order valence-electron chi connectivity index (χ2n) is 12.3. The third-order valence-corrected chi connectivity index (χ3v) is 9.23. The fraction of sp³-hybridized carbons (Fsp3) is 0. The van der Waals surface area contributed by atoms with E-state index in [0.717, 1.165) is 67.6 Å². The Hall–Kier alpha value is -6.78. The van der Waals surface area contributed by atoms with Gasteiger partial charge in [0, 0.05) is 39.9 Å². The van der Waals surface area contributed by atoms with Crippen molar-refractivity contribution in [1.82, 2.24) is 14.5 Å². The minimum atomic E-state index is 0.814. The third-order valence-electron chi connectivity index (χ3n) is 9.23. The molecule has 0 saturated carbocycles. The summed E-state index contributed by atoms with van der Waals surface area (Å²) in [5, 5.41) is 2.42. The van der Waals surface area contributed by atoms with Crippen molar-refractivity contribution in [2.75, 3.05) is 4.90 Å². The van der Waals surface area contributed by atoms with E-state index in [2.05, 4.69) is 185 Å². The van der Waals surface area contributed by atoms with E-state index in [0.29, 0.717) is 0 Å². The van der Waals surface area contributed by atoms with E-state index in [-0.39, 0.29) is 0 Å². The van der Waals surface area contributed by atoms with Crippen LogP contribution in [0, 0.1) is 0 Å². The van der Waals surface area contributed by atoms with Crippen molar-refractivity contribution in [2.45, 2.75) is 0 Å². The van der Waals surface area contributed by atoms with E-state index >= 15 is 0 Å². The molecule has 0 bridgehead atoms. The highest BCUT2D eigenvalue weighted by atomic mass is 15.1. The van der Waals surface area contributed by atoms with E-state index in [1.807, 2.05) is 18.3 Å². The number of rotatable bonds is 7. The Kier molecular flexibility index (Phi) is 7.45. The molecule has 0 atom stereocenters. The summed E-state index contributed by atoms with van der Waals surface area (Å²) in [5.74, 6) is 0.836. The second-order valence-corrected chi connectivity index (χ2v) is 12.3. The largest absolute Gasteiger partial charge is 0.310 e. The number of hydrogen-bond donors (Lipinski definition) is 0. The molecule has 2 heterocycles. The van der Waals surface area contributed by atoms with Crippen molar-refractivity contribution in [3.63, 3.8) is 0 Å². The molecule has 236 valence electrons. The molecule has 0 unspecified atom stereocenters. The molecule has 0 spiro atoms. The van der Waals surface area contributed by atoms with Crippen LogP contribution in [0.5, 0.6) is 0 Å². The molecule has 0 N–H and O–H groups in total. The maximum absolute atomic E-state index is 5.24. The molecule has 2 aromatic heterocycles. The van der Waals surface area contributed by atoms with Gasteiger partial charge in [0.05, 0.1) is 5.69 Å². The lowest BCUT2D eigenvalue weighted by molar-refractivity contribution is 1.08. The molecule has 0 amide bonds. The van der Waals surface area contributed by atoms with Crippen LogP contribution in [0.1, 0.15) is 0 Å². The molecule has 4 nitrogen and oxygen atoms in total. The summed E-state index contributed by atoms with van der Waals surface area (Å²) >= 11 is 0. The Morgan fingerprint density at radius 2 is 1.00 bits per heavy atom. The number of hydrogen-bond acceptors (Lipinski definition) is 3. The predicted molar refractivity (Wildman–Crippen MR) is 207 cm³/mol. The van der Waals surface area contributed by atoms with Crippen LogP contribution in [0.3, 0.4) is 0 Å². The Morgan fingerprint density at radius 3 is 1.68 bits per heavy atom. The molecule has 0 saturated heterocycles. The Morgan fingerprint density at radius 1 is 0.420 bits per heavy atom. The van der Waals surface area contributed by atoms with Crippen LogP contribution in [0.15, 0.2) is 194 Å². The second kappa shape index (κ2) is 12.7. The van der Waals surface area contributed by atoms with Gasteiger partial charge in [0.1, 0.15) is 11.3 Å². The maximum Gasteiger partial charge on any atom is 0.164 e. The topological polar surface area (TPSA) is 34.0 Å². The van der Waals surface area contributed by atoms with Gasteiger partial charge >= 0.3 is 0 Å². The molecule has 0 aliphatic heterocycles. The highest BCUT2D eigenvalue weighted by Gasteiger charge is 2.22. The highest BCUT2D eigenvalue weighted by Crippen LogP contribution is 2.41. The Balaban J connectivity index is 1.24. The first-order chi connectivity index (χ1) is 24.8. The number of benzene rings is 7. The van der Waals surface area contributed by atoms with Gasteiger partial charge < -0.3 is 4.90 Å². The summed E-state index contributed by atoms with van der Waals surface area (Å²) in [6, 6.07) is 66.1. The van der Waals surface area contributed by atoms with E-state index in [9.17, 15) is 0 Å². The number of imidazole rings is 1. The van der Waals surface area contributed by atoms with Crippen molar-refractivity contribution in [1.29, 1.82) is 0 Å². The molecule has 4 heteroatoms. The van der Waals surface area contributed by atoms with E-state index in [4.69, 9.17) is 9.97 Å². The van der Waals surface area contributed by atoms with Crippen LogP contribution in [0.2, 0.25) is 0 Å². The van der Waals surface area contributed by atoms with Crippen LogP contribution >= 0.6 is 0 Å². The molecular formula is C46H32N4. The standard InChI is InChI=1S/C46H32N4/c1-4-15-34(16-5-1)41-22-12-23-42(35-17-6-2-7-18-35)44(41)50-45(48-43-24-13-31-47-46(43)50)36-26-28-39(29-27-36)49(38-20-8-3-9-21-38)40-30-25-33-14-10-11-19-37(33)32-40/h1-32H. The third kappa shape index (κ3) is 5.29. The lowest BCUT2D eigenvalue weighted by Crippen LogP contribution is -2.10. The van der Waals surface area contributed by atoms with Gasteiger partial charge in [-0.05, 0) is 82.6 Å². The van der Waals surface area contributed by atoms with Gasteiger partial charge in [-0.25, -0.2) is 9.97 Å². The lowest BCUT2D eigenvalue weighted by atomic mass is 9.95. The number of aromatic nitrogens is 3. The van der Waals surface area contributed by atoms with Crippen LogP contribution in [0.25, 0.3) is 61.3 Å². The molecule has 7 aromatic carbocycles. The molecule has 0 fully saturated rings. The maximum atomic E-state index is 5.24. The van der Waals surface area contributed by atoms with Gasteiger partial charge in [0.2, 0.25) is 0 Å². The first-order valence-electron chi connectivity index (χ1n) is 16.8. The summed E-state index contributed by atoms with van der Waals surface area (Å²) < 4.78 is 2.24. The average Bonchev–Trinajstić information content (AvgIpc) is 3.58. The highest BCUT2D eigenvalue weighted by molar-refractivity contribution is 5.92. The van der Waals surface area contributed by atoms with Crippen LogP contribution < -0.4 is 4.90 Å². The summed E-state index contributed by atoms with van der Waals surface area (Å²) in [5.41, 5.74) is 11.5. The minimum Gasteiger partial charge on any atom is -0.310 e. The fourth-order valence-electron chi connectivity index (χ4n) is 6.90. The number of fused-ring (bicyclic) bond motifs is 2. The zero-order chi connectivity index (χ0) is 33.3.